The fourth-order valence-electron chi connectivity index (χ4n) is 2.29. The number of hydrogen-bond acceptors (Lipinski definition) is 6. The zero-order valence-corrected chi connectivity index (χ0v) is 11.2. The van der Waals surface area contributed by atoms with Gasteiger partial charge in [0.25, 0.3) is 5.91 Å². The van der Waals surface area contributed by atoms with E-state index in [1.165, 1.54) is 0 Å². The largest absolute Gasteiger partial charge is 0.384 e. The molecule has 0 spiro atoms. The Labute approximate surface area is 112 Å². The number of ether oxygens (including phenoxy) is 1. The predicted molar refractivity (Wildman–Crippen MR) is 70.5 cm³/mol. The van der Waals surface area contributed by atoms with Gasteiger partial charge in [-0.15, -0.1) is 0 Å². The average molecular weight is 265 g/mol. The SMILES string of the molecule is COCC1CCN(C(=O)c2cc(C)nc(NN)n2)C1. The molecule has 3 N–H and O–H groups in total. The lowest BCUT2D eigenvalue weighted by Gasteiger charge is -2.16. The first-order chi connectivity index (χ1) is 9.13. The molecule has 1 aromatic rings. The highest BCUT2D eigenvalue weighted by molar-refractivity contribution is 5.92. The van der Waals surface area contributed by atoms with Gasteiger partial charge in [-0.1, -0.05) is 0 Å². The highest BCUT2D eigenvalue weighted by Crippen LogP contribution is 2.18. The van der Waals surface area contributed by atoms with Gasteiger partial charge in [0.1, 0.15) is 5.69 Å². The van der Waals surface area contributed by atoms with Crippen LogP contribution in [0.1, 0.15) is 22.6 Å². The van der Waals surface area contributed by atoms with Gasteiger partial charge in [0, 0.05) is 31.8 Å². The molecule has 0 aliphatic carbocycles. The van der Waals surface area contributed by atoms with Crippen molar-refractivity contribution in [2.45, 2.75) is 13.3 Å². The van der Waals surface area contributed by atoms with Crippen molar-refractivity contribution in [3.05, 3.63) is 17.5 Å². The van der Waals surface area contributed by atoms with E-state index in [2.05, 4.69) is 15.4 Å². The molecule has 1 aromatic heterocycles. The molecular formula is C12H19N5O2. The molecular weight excluding hydrogens is 246 g/mol. The molecule has 1 atom stereocenters. The second-order valence-electron chi connectivity index (χ2n) is 4.72. The first-order valence-electron chi connectivity index (χ1n) is 6.24. The van der Waals surface area contributed by atoms with Gasteiger partial charge in [-0.25, -0.2) is 15.8 Å². The Kier molecular flexibility index (Phi) is 4.28. The molecule has 2 heterocycles. The van der Waals surface area contributed by atoms with Crippen LogP contribution < -0.4 is 11.3 Å². The fraction of sp³-hybridized carbons (Fsp3) is 0.583. The third kappa shape index (κ3) is 3.18. The van der Waals surface area contributed by atoms with E-state index in [4.69, 9.17) is 10.6 Å². The van der Waals surface area contributed by atoms with Gasteiger partial charge in [0.05, 0.1) is 6.61 Å². The number of hydrogen-bond donors (Lipinski definition) is 2. The first kappa shape index (κ1) is 13.7. The van der Waals surface area contributed by atoms with Crippen LogP contribution in [0.25, 0.3) is 0 Å². The number of nitrogens with two attached hydrogens (primary N) is 1. The highest BCUT2D eigenvalue weighted by atomic mass is 16.5. The lowest BCUT2D eigenvalue weighted by molar-refractivity contribution is 0.0769. The van der Waals surface area contributed by atoms with Crippen molar-refractivity contribution in [2.24, 2.45) is 11.8 Å². The summed E-state index contributed by atoms with van der Waals surface area (Å²) >= 11 is 0. The summed E-state index contributed by atoms with van der Waals surface area (Å²) in [6.45, 7) is 3.93. The van der Waals surface area contributed by atoms with E-state index >= 15 is 0 Å². The Morgan fingerprint density at radius 2 is 2.42 bits per heavy atom. The van der Waals surface area contributed by atoms with E-state index in [1.54, 1.807) is 25.0 Å². The summed E-state index contributed by atoms with van der Waals surface area (Å²) in [7, 11) is 1.68. The number of amides is 1. The number of nitrogens with one attached hydrogen (secondary N) is 1. The van der Waals surface area contributed by atoms with Crippen molar-refractivity contribution in [1.29, 1.82) is 0 Å². The van der Waals surface area contributed by atoms with Gasteiger partial charge in [0.2, 0.25) is 5.95 Å². The number of carbonyl (C=O) groups excluding carboxylic acids is 1. The molecule has 1 amide bonds. The van der Waals surface area contributed by atoms with Crippen LogP contribution in [0.2, 0.25) is 0 Å². The van der Waals surface area contributed by atoms with Crippen LogP contribution in [0.5, 0.6) is 0 Å². The molecule has 19 heavy (non-hydrogen) atoms. The molecule has 7 nitrogen and oxygen atoms in total. The molecule has 0 saturated carbocycles. The monoisotopic (exact) mass is 265 g/mol. The molecule has 2 rings (SSSR count). The van der Waals surface area contributed by atoms with Gasteiger partial charge in [-0.2, -0.15) is 0 Å². The van der Waals surface area contributed by atoms with Crippen molar-refractivity contribution in [3.8, 4) is 0 Å². The summed E-state index contributed by atoms with van der Waals surface area (Å²) in [5.41, 5.74) is 3.45. The number of likely N-dealkylation sites (tertiary alicyclic amines) is 1. The third-order valence-electron chi connectivity index (χ3n) is 3.18. The summed E-state index contributed by atoms with van der Waals surface area (Å²) in [4.78, 5) is 22.3. The number of rotatable bonds is 4. The Bertz CT molecular complexity index is 465. The lowest BCUT2D eigenvalue weighted by Crippen LogP contribution is -2.30. The Morgan fingerprint density at radius 3 is 3.11 bits per heavy atom. The average Bonchev–Trinajstić information content (AvgIpc) is 2.86. The van der Waals surface area contributed by atoms with Crippen molar-refractivity contribution in [3.63, 3.8) is 0 Å². The smallest absolute Gasteiger partial charge is 0.272 e. The Hall–Kier alpha value is -1.73. The topological polar surface area (TPSA) is 93.4 Å². The van der Waals surface area contributed by atoms with E-state index in [9.17, 15) is 4.79 Å². The third-order valence-corrected chi connectivity index (χ3v) is 3.18. The second kappa shape index (κ2) is 5.94. The summed E-state index contributed by atoms with van der Waals surface area (Å²) in [6, 6.07) is 1.67. The van der Waals surface area contributed by atoms with Crippen LogP contribution in [0.3, 0.4) is 0 Å². The molecule has 7 heteroatoms. The molecule has 1 saturated heterocycles. The molecule has 1 aliphatic heterocycles. The van der Waals surface area contributed by atoms with Crippen molar-refractivity contribution >= 4 is 11.9 Å². The van der Waals surface area contributed by atoms with Gasteiger partial charge in [-0.3, -0.25) is 10.2 Å². The summed E-state index contributed by atoms with van der Waals surface area (Å²) in [6.07, 6.45) is 0.964. The maximum atomic E-state index is 12.3. The molecule has 0 radical (unpaired) electrons. The van der Waals surface area contributed by atoms with Crippen LogP contribution in [0, 0.1) is 12.8 Å². The minimum Gasteiger partial charge on any atom is -0.384 e. The number of nitrogens with zero attached hydrogens (tertiary/aromatic N) is 3. The lowest BCUT2D eigenvalue weighted by atomic mass is 10.1. The maximum Gasteiger partial charge on any atom is 0.272 e. The van der Waals surface area contributed by atoms with Crippen LogP contribution >= 0.6 is 0 Å². The molecule has 1 fully saturated rings. The van der Waals surface area contributed by atoms with Crippen molar-refractivity contribution in [1.82, 2.24) is 14.9 Å². The van der Waals surface area contributed by atoms with Crippen LogP contribution in [-0.4, -0.2) is 47.6 Å². The number of aromatic nitrogens is 2. The Balaban J connectivity index is 2.10. The summed E-state index contributed by atoms with van der Waals surface area (Å²) in [5, 5.41) is 0. The number of nitrogen functional groups attached to an aromatic ring is 1. The fourth-order valence-corrected chi connectivity index (χ4v) is 2.29. The van der Waals surface area contributed by atoms with Crippen LogP contribution in [0.4, 0.5) is 5.95 Å². The summed E-state index contributed by atoms with van der Waals surface area (Å²) in [5.74, 6) is 5.87. The minimum absolute atomic E-state index is 0.0828. The minimum atomic E-state index is -0.0828. The van der Waals surface area contributed by atoms with Crippen molar-refractivity contribution in [2.75, 3.05) is 32.2 Å². The number of carbonyl (C=O) groups is 1. The van der Waals surface area contributed by atoms with E-state index < -0.39 is 0 Å². The van der Waals surface area contributed by atoms with Gasteiger partial charge >= 0.3 is 0 Å². The highest BCUT2D eigenvalue weighted by Gasteiger charge is 2.27. The molecule has 1 aliphatic rings. The molecule has 104 valence electrons. The zero-order valence-electron chi connectivity index (χ0n) is 11.2. The van der Waals surface area contributed by atoms with E-state index in [-0.39, 0.29) is 11.9 Å². The summed E-state index contributed by atoms with van der Waals surface area (Å²) < 4.78 is 5.13. The van der Waals surface area contributed by atoms with Gasteiger partial charge in [0.15, 0.2) is 0 Å². The van der Waals surface area contributed by atoms with E-state index in [1.807, 2.05) is 0 Å². The number of anilines is 1. The number of hydrazine groups is 1. The Morgan fingerprint density at radius 1 is 1.63 bits per heavy atom. The predicted octanol–water partition coefficient (Wildman–Crippen LogP) is 0.179. The van der Waals surface area contributed by atoms with E-state index in [0.29, 0.717) is 30.5 Å². The van der Waals surface area contributed by atoms with Crippen LogP contribution in [-0.2, 0) is 4.74 Å². The molecule has 0 aromatic carbocycles. The van der Waals surface area contributed by atoms with Crippen LogP contribution in [0.15, 0.2) is 6.07 Å². The van der Waals surface area contributed by atoms with Gasteiger partial charge < -0.3 is 9.64 Å². The quantitative estimate of drug-likeness (QED) is 0.596. The standard InChI is InChI=1S/C12H19N5O2/c1-8-5-10(15-12(14-8)16-13)11(18)17-4-3-9(6-17)7-19-2/h5,9H,3-4,6-7,13H2,1-2H3,(H,14,15,16). The normalized spacial score (nSPS) is 18.7. The number of methoxy groups -OCH3 is 1. The molecule has 1 unspecified atom stereocenters. The van der Waals surface area contributed by atoms with Crippen molar-refractivity contribution < 1.29 is 9.53 Å². The zero-order chi connectivity index (χ0) is 13.8. The van der Waals surface area contributed by atoms with Gasteiger partial charge in [-0.05, 0) is 19.4 Å². The molecule has 0 bridgehead atoms. The first-order valence-corrected chi connectivity index (χ1v) is 6.24. The van der Waals surface area contributed by atoms with E-state index in [0.717, 1.165) is 13.0 Å². The maximum absolute atomic E-state index is 12.3. The number of aryl methyl sites for hydroxylation is 1. The second-order valence-corrected chi connectivity index (χ2v) is 4.72.